The molecule has 1 aliphatic heterocycles. The molecule has 0 saturated carbocycles. The van der Waals surface area contributed by atoms with Crippen molar-refractivity contribution in [1.82, 2.24) is 20.3 Å². The Morgan fingerprint density at radius 1 is 1.12 bits per heavy atom. The third-order valence-electron chi connectivity index (χ3n) is 4.65. The molecule has 2 aromatic heterocycles. The van der Waals surface area contributed by atoms with Gasteiger partial charge in [-0.3, -0.25) is 4.98 Å². The van der Waals surface area contributed by atoms with Crippen LogP contribution in [0.1, 0.15) is 30.1 Å². The Labute approximate surface area is 153 Å². The summed E-state index contributed by atoms with van der Waals surface area (Å²) < 4.78 is 0. The smallest absolute Gasteiger partial charge is 0.135 e. The van der Waals surface area contributed by atoms with Gasteiger partial charge in [-0.2, -0.15) is 0 Å². The van der Waals surface area contributed by atoms with E-state index in [0.717, 1.165) is 54.5 Å². The molecule has 1 saturated heterocycles. The van der Waals surface area contributed by atoms with Crippen LogP contribution in [0.2, 0.25) is 0 Å². The van der Waals surface area contributed by atoms with E-state index in [1.807, 2.05) is 30.5 Å². The van der Waals surface area contributed by atoms with E-state index in [0.29, 0.717) is 5.92 Å². The maximum absolute atomic E-state index is 4.86. The second-order valence-corrected chi connectivity index (χ2v) is 6.78. The van der Waals surface area contributed by atoms with E-state index in [9.17, 15) is 0 Å². The quantitative estimate of drug-likeness (QED) is 0.747. The van der Waals surface area contributed by atoms with E-state index in [2.05, 4.69) is 40.7 Å². The van der Waals surface area contributed by atoms with Crippen LogP contribution < -0.4 is 10.6 Å². The van der Waals surface area contributed by atoms with Crippen molar-refractivity contribution in [3.05, 3.63) is 66.2 Å². The second-order valence-electron chi connectivity index (χ2n) is 6.78. The molecule has 1 atom stereocenters. The fraction of sp³-hybridized carbons (Fsp3) is 0.286. The number of hydrogen-bond acceptors (Lipinski definition) is 5. The maximum Gasteiger partial charge on any atom is 0.135 e. The molecule has 3 aromatic rings. The molecule has 0 spiro atoms. The van der Waals surface area contributed by atoms with Gasteiger partial charge >= 0.3 is 0 Å². The Balaban J connectivity index is 1.72. The van der Waals surface area contributed by atoms with Crippen LogP contribution in [0.4, 0.5) is 11.5 Å². The molecule has 26 heavy (non-hydrogen) atoms. The number of hydrogen-bond donors (Lipinski definition) is 2. The standard InChI is InChI=1S/C21H23N5/c1-15-5-2-8-18(11-15)24-20-12-19(16-6-3-9-22-13-16)25-21(26-20)17-7-4-10-23-14-17/h2-3,5-6,8-9,11-13,17,23H,4,7,10,14H2,1H3,(H,24,25,26). The van der Waals surface area contributed by atoms with Crippen molar-refractivity contribution in [2.45, 2.75) is 25.7 Å². The normalized spacial score (nSPS) is 17.0. The first-order valence-corrected chi connectivity index (χ1v) is 9.12. The van der Waals surface area contributed by atoms with Gasteiger partial charge in [-0.25, -0.2) is 9.97 Å². The summed E-state index contributed by atoms with van der Waals surface area (Å²) in [6.45, 7) is 4.10. The Hall–Kier alpha value is -2.79. The zero-order valence-corrected chi connectivity index (χ0v) is 14.9. The lowest BCUT2D eigenvalue weighted by Crippen LogP contribution is -2.29. The van der Waals surface area contributed by atoms with Crippen molar-refractivity contribution in [3.63, 3.8) is 0 Å². The minimum absolute atomic E-state index is 0.346. The minimum atomic E-state index is 0.346. The summed E-state index contributed by atoms with van der Waals surface area (Å²) in [4.78, 5) is 13.9. The van der Waals surface area contributed by atoms with Crippen molar-refractivity contribution < 1.29 is 0 Å². The zero-order valence-electron chi connectivity index (χ0n) is 14.9. The SMILES string of the molecule is Cc1cccc(Nc2cc(-c3cccnc3)nc(C3CCCNC3)n2)c1. The first kappa shape index (κ1) is 16.7. The van der Waals surface area contributed by atoms with E-state index >= 15 is 0 Å². The third-order valence-corrected chi connectivity index (χ3v) is 4.65. The van der Waals surface area contributed by atoms with E-state index in [-0.39, 0.29) is 0 Å². The van der Waals surface area contributed by atoms with Crippen LogP contribution in [0.25, 0.3) is 11.3 Å². The lowest BCUT2D eigenvalue weighted by Gasteiger charge is -2.22. The molecule has 1 aliphatic rings. The molecule has 0 aliphatic carbocycles. The first-order valence-electron chi connectivity index (χ1n) is 9.12. The predicted molar refractivity (Wildman–Crippen MR) is 105 cm³/mol. The Kier molecular flexibility index (Phi) is 4.88. The van der Waals surface area contributed by atoms with Crippen LogP contribution in [-0.4, -0.2) is 28.0 Å². The Morgan fingerprint density at radius 2 is 2.08 bits per heavy atom. The van der Waals surface area contributed by atoms with Gasteiger partial charge in [-0.05, 0) is 56.1 Å². The number of pyridine rings is 1. The second kappa shape index (κ2) is 7.62. The van der Waals surface area contributed by atoms with Gasteiger partial charge in [0, 0.05) is 42.2 Å². The number of anilines is 2. The highest BCUT2D eigenvalue weighted by molar-refractivity contribution is 5.65. The van der Waals surface area contributed by atoms with Gasteiger partial charge in [0.2, 0.25) is 0 Å². The van der Waals surface area contributed by atoms with Gasteiger partial charge < -0.3 is 10.6 Å². The number of nitrogens with one attached hydrogen (secondary N) is 2. The first-order chi connectivity index (χ1) is 12.8. The number of benzene rings is 1. The summed E-state index contributed by atoms with van der Waals surface area (Å²) >= 11 is 0. The molecular formula is C21H23N5. The summed E-state index contributed by atoms with van der Waals surface area (Å²) in [6, 6.07) is 14.3. The van der Waals surface area contributed by atoms with E-state index < -0.39 is 0 Å². The number of rotatable bonds is 4. The largest absolute Gasteiger partial charge is 0.340 e. The molecule has 0 radical (unpaired) electrons. The Morgan fingerprint density at radius 3 is 2.85 bits per heavy atom. The van der Waals surface area contributed by atoms with Gasteiger partial charge in [-0.1, -0.05) is 12.1 Å². The monoisotopic (exact) mass is 345 g/mol. The van der Waals surface area contributed by atoms with Crippen molar-refractivity contribution >= 4 is 11.5 Å². The molecule has 0 bridgehead atoms. The van der Waals surface area contributed by atoms with Crippen molar-refractivity contribution in [3.8, 4) is 11.3 Å². The van der Waals surface area contributed by atoms with Gasteiger partial charge in [-0.15, -0.1) is 0 Å². The van der Waals surface area contributed by atoms with Crippen molar-refractivity contribution in [1.29, 1.82) is 0 Å². The van der Waals surface area contributed by atoms with Gasteiger partial charge in [0.15, 0.2) is 0 Å². The number of aryl methyl sites for hydroxylation is 1. The summed E-state index contributed by atoms with van der Waals surface area (Å²) in [7, 11) is 0. The molecular weight excluding hydrogens is 322 g/mol. The van der Waals surface area contributed by atoms with Gasteiger partial charge in [0.1, 0.15) is 11.6 Å². The average molecular weight is 345 g/mol. The lowest BCUT2D eigenvalue weighted by atomic mass is 9.98. The summed E-state index contributed by atoms with van der Waals surface area (Å²) in [5.41, 5.74) is 4.16. The fourth-order valence-electron chi connectivity index (χ4n) is 3.32. The minimum Gasteiger partial charge on any atom is -0.340 e. The molecule has 2 N–H and O–H groups in total. The highest BCUT2D eigenvalue weighted by atomic mass is 15.0. The van der Waals surface area contributed by atoms with Gasteiger partial charge in [0.05, 0.1) is 5.69 Å². The molecule has 5 nitrogen and oxygen atoms in total. The molecule has 132 valence electrons. The molecule has 1 unspecified atom stereocenters. The lowest BCUT2D eigenvalue weighted by molar-refractivity contribution is 0.447. The summed E-state index contributed by atoms with van der Waals surface area (Å²) in [6.07, 6.45) is 5.91. The Bertz CT molecular complexity index is 873. The van der Waals surface area contributed by atoms with Gasteiger partial charge in [0.25, 0.3) is 0 Å². The molecule has 0 amide bonds. The third kappa shape index (κ3) is 3.89. The van der Waals surface area contributed by atoms with Crippen LogP contribution in [0.3, 0.4) is 0 Å². The summed E-state index contributed by atoms with van der Waals surface area (Å²) in [5, 5.41) is 6.90. The number of aromatic nitrogens is 3. The molecule has 3 heterocycles. The highest BCUT2D eigenvalue weighted by Gasteiger charge is 2.19. The molecule has 1 aromatic carbocycles. The fourth-order valence-corrected chi connectivity index (χ4v) is 3.32. The van der Waals surface area contributed by atoms with Crippen LogP contribution in [0, 0.1) is 6.92 Å². The topological polar surface area (TPSA) is 62.7 Å². The van der Waals surface area contributed by atoms with Crippen LogP contribution in [0.15, 0.2) is 54.9 Å². The number of nitrogens with zero attached hydrogens (tertiary/aromatic N) is 3. The van der Waals surface area contributed by atoms with Crippen LogP contribution >= 0.6 is 0 Å². The molecule has 1 fully saturated rings. The van der Waals surface area contributed by atoms with E-state index in [1.165, 1.54) is 5.56 Å². The van der Waals surface area contributed by atoms with Crippen molar-refractivity contribution in [2.24, 2.45) is 0 Å². The van der Waals surface area contributed by atoms with Crippen LogP contribution in [0.5, 0.6) is 0 Å². The van der Waals surface area contributed by atoms with E-state index in [4.69, 9.17) is 9.97 Å². The molecule has 4 rings (SSSR count). The molecule has 5 heteroatoms. The highest BCUT2D eigenvalue weighted by Crippen LogP contribution is 2.27. The average Bonchev–Trinajstić information content (AvgIpc) is 2.69. The predicted octanol–water partition coefficient (Wildman–Crippen LogP) is 4.06. The van der Waals surface area contributed by atoms with Crippen LogP contribution in [-0.2, 0) is 0 Å². The maximum atomic E-state index is 4.86. The zero-order chi connectivity index (χ0) is 17.8. The van der Waals surface area contributed by atoms with E-state index in [1.54, 1.807) is 6.20 Å². The van der Waals surface area contributed by atoms with Crippen molar-refractivity contribution in [2.75, 3.05) is 18.4 Å². The summed E-state index contributed by atoms with van der Waals surface area (Å²) in [5.74, 6) is 2.07. The number of piperidine rings is 1.